The van der Waals surface area contributed by atoms with E-state index in [1.54, 1.807) is 4.90 Å². The van der Waals surface area contributed by atoms with Gasteiger partial charge in [0.05, 0.1) is 13.2 Å². The largest absolute Gasteiger partial charge is 0.467 e. The van der Waals surface area contributed by atoms with E-state index in [1.165, 1.54) is 12.2 Å². The maximum atomic E-state index is 12.5. The Balaban J connectivity index is 1.73. The van der Waals surface area contributed by atoms with Crippen LogP contribution < -0.4 is 0 Å². The maximum Gasteiger partial charge on any atom is 0.345 e. The molecule has 2 fully saturated rings. The normalized spacial score (nSPS) is 32.8. The Hall–Kier alpha value is -1.56. The fourth-order valence-corrected chi connectivity index (χ4v) is 2.98. The number of urea groups is 1. The smallest absolute Gasteiger partial charge is 0.345 e. The number of hydrogen-bond donors (Lipinski definition) is 0. The zero-order valence-corrected chi connectivity index (χ0v) is 10.9. The molecule has 3 aliphatic heterocycles. The Morgan fingerprint density at radius 2 is 2.11 bits per heavy atom. The molecular weight excluding hydrogens is 248 g/mol. The number of esters is 1. The van der Waals surface area contributed by atoms with Gasteiger partial charge in [0, 0.05) is 6.54 Å². The van der Waals surface area contributed by atoms with Crippen LogP contribution in [0.15, 0.2) is 12.2 Å². The Morgan fingerprint density at radius 3 is 2.68 bits per heavy atom. The molecule has 0 spiro atoms. The second-order valence-electron chi connectivity index (χ2n) is 5.16. The van der Waals surface area contributed by atoms with E-state index >= 15 is 0 Å². The summed E-state index contributed by atoms with van der Waals surface area (Å²) in [5, 5.41) is 1.43. The number of carbonyl (C=O) groups excluding carboxylic acids is 2. The number of likely N-dealkylation sites (tertiary alicyclic amines) is 1. The summed E-state index contributed by atoms with van der Waals surface area (Å²) in [5.41, 5.74) is 0. The van der Waals surface area contributed by atoms with Gasteiger partial charge in [0.2, 0.25) is 0 Å². The summed E-state index contributed by atoms with van der Waals surface area (Å²) in [6, 6.07) is -0.686. The fourth-order valence-electron chi connectivity index (χ4n) is 2.98. The van der Waals surface area contributed by atoms with Crippen LogP contribution in [0.1, 0.15) is 25.7 Å². The van der Waals surface area contributed by atoms with Crippen molar-refractivity contribution < 1.29 is 19.2 Å². The first-order valence-electron chi connectivity index (χ1n) is 6.73. The fraction of sp³-hybridized carbons (Fsp3) is 0.692. The monoisotopic (exact) mass is 266 g/mol. The van der Waals surface area contributed by atoms with E-state index in [0.29, 0.717) is 13.0 Å². The molecule has 2 bridgehead atoms. The molecule has 0 aromatic carbocycles. The molecule has 6 nitrogen and oxygen atoms in total. The number of hydroxylamine groups is 2. The maximum absolute atomic E-state index is 12.5. The van der Waals surface area contributed by atoms with Crippen LogP contribution >= 0.6 is 0 Å². The summed E-state index contributed by atoms with van der Waals surface area (Å²) >= 11 is 0. The van der Waals surface area contributed by atoms with Gasteiger partial charge >= 0.3 is 12.0 Å². The van der Waals surface area contributed by atoms with Gasteiger partial charge in [-0.3, -0.25) is 4.84 Å². The predicted molar refractivity (Wildman–Crippen MR) is 66.0 cm³/mol. The van der Waals surface area contributed by atoms with Crippen LogP contribution in [0.25, 0.3) is 0 Å². The average Bonchev–Trinajstić information content (AvgIpc) is 2.96. The van der Waals surface area contributed by atoms with Gasteiger partial charge in [-0.15, -0.1) is 0 Å². The highest BCUT2D eigenvalue weighted by Gasteiger charge is 2.42. The summed E-state index contributed by atoms with van der Waals surface area (Å²) in [4.78, 5) is 31.4. The third kappa shape index (κ3) is 2.10. The van der Waals surface area contributed by atoms with E-state index in [-0.39, 0.29) is 24.1 Å². The van der Waals surface area contributed by atoms with Crippen molar-refractivity contribution in [3.05, 3.63) is 12.2 Å². The first-order chi connectivity index (χ1) is 9.20. The van der Waals surface area contributed by atoms with Gasteiger partial charge in [-0.05, 0) is 25.7 Å². The van der Waals surface area contributed by atoms with E-state index in [2.05, 4.69) is 0 Å². The summed E-state index contributed by atoms with van der Waals surface area (Å²) in [6.45, 7) is 0.583. The predicted octanol–water partition coefficient (Wildman–Crippen LogP) is 1.08. The molecule has 19 heavy (non-hydrogen) atoms. The standard InChI is InChI=1S/C13H18N2O4/c1-18-12(16)11-3-2-8-14(11)13(17)15-9-4-6-10(19-15)7-5-9/h4,6,9-11H,2-3,5,7-8H2,1H3/t9-,10+,11+/m1/s1. The molecule has 0 N–H and O–H groups in total. The van der Waals surface area contributed by atoms with Crippen molar-refractivity contribution in [2.45, 2.75) is 43.9 Å². The highest BCUT2D eigenvalue weighted by molar-refractivity contribution is 5.84. The third-order valence-corrected chi connectivity index (χ3v) is 4.01. The summed E-state index contributed by atoms with van der Waals surface area (Å²) in [7, 11) is 1.35. The molecule has 104 valence electrons. The molecule has 2 saturated heterocycles. The minimum absolute atomic E-state index is 0.00334. The zero-order chi connectivity index (χ0) is 13.4. The van der Waals surface area contributed by atoms with Gasteiger partial charge < -0.3 is 9.64 Å². The number of rotatable bonds is 1. The molecule has 3 heterocycles. The van der Waals surface area contributed by atoms with Crippen LogP contribution in [-0.4, -0.2) is 53.8 Å². The third-order valence-electron chi connectivity index (χ3n) is 4.01. The first kappa shape index (κ1) is 12.5. The molecule has 1 aliphatic carbocycles. The molecular formula is C13H18N2O4. The van der Waals surface area contributed by atoms with E-state index in [4.69, 9.17) is 9.57 Å². The van der Waals surface area contributed by atoms with Crippen molar-refractivity contribution >= 4 is 12.0 Å². The number of carbonyl (C=O) groups is 2. The highest BCUT2D eigenvalue weighted by Crippen LogP contribution is 2.30. The van der Waals surface area contributed by atoms with Gasteiger partial charge in [0.15, 0.2) is 0 Å². The molecule has 0 aromatic heterocycles. The summed E-state index contributed by atoms with van der Waals surface area (Å²) < 4.78 is 4.76. The Kier molecular flexibility index (Phi) is 3.18. The van der Waals surface area contributed by atoms with Crippen molar-refractivity contribution in [2.24, 2.45) is 0 Å². The minimum Gasteiger partial charge on any atom is -0.467 e. The topological polar surface area (TPSA) is 59.1 Å². The lowest BCUT2D eigenvalue weighted by Gasteiger charge is -2.42. The first-order valence-corrected chi connectivity index (χ1v) is 6.73. The van der Waals surface area contributed by atoms with Crippen LogP contribution in [-0.2, 0) is 14.4 Å². The SMILES string of the molecule is COC(=O)[C@@H]1CCCN1C(=O)N1O[C@H]2C=C[C@@H]1CC2. The van der Waals surface area contributed by atoms with E-state index in [1.807, 2.05) is 12.2 Å². The highest BCUT2D eigenvalue weighted by atomic mass is 16.7. The zero-order valence-electron chi connectivity index (χ0n) is 10.9. The van der Waals surface area contributed by atoms with Gasteiger partial charge in [-0.2, -0.15) is 5.06 Å². The molecule has 3 atom stereocenters. The molecule has 2 amide bonds. The van der Waals surface area contributed by atoms with Crippen molar-refractivity contribution in [3.63, 3.8) is 0 Å². The van der Waals surface area contributed by atoms with E-state index < -0.39 is 6.04 Å². The number of amides is 2. The number of fused-ring (bicyclic) bond motifs is 2. The van der Waals surface area contributed by atoms with Crippen molar-refractivity contribution in [2.75, 3.05) is 13.7 Å². The lowest BCUT2D eigenvalue weighted by molar-refractivity contribution is -0.202. The van der Waals surface area contributed by atoms with Crippen LogP contribution in [0.3, 0.4) is 0 Å². The summed E-state index contributed by atoms with van der Waals surface area (Å²) in [6.07, 6.45) is 7.36. The number of ether oxygens (including phenoxy) is 1. The van der Waals surface area contributed by atoms with Gasteiger partial charge in [0.1, 0.15) is 12.1 Å². The van der Waals surface area contributed by atoms with Crippen molar-refractivity contribution in [1.82, 2.24) is 9.96 Å². The van der Waals surface area contributed by atoms with Crippen LogP contribution in [0, 0.1) is 0 Å². The number of methoxy groups -OCH3 is 1. The molecule has 4 aliphatic rings. The molecule has 0 aromatic rings. The van der Waals surface area contributed by atoms with E-state index in [0.717, 1.165) is 19.3 Å². The molecule has 4 rings (SSSR count). The average molecular weight is 266 g/mol. The second kappa shape index (κ2) is 4.85. The number of nitrogens with zero attached hydrogens (tertiary/aromatic N) is 2. The van der Waals surface area contributed by atoms with Gasteiger partial charge in [-0.25, -0.2) is 9.59 Å². The Bertz CT molecular complexity index is 423. The number of hydrogen-bond acceptors (Lipinski definition) is 4. The minimum atomic E-state index is -0.467. The summed E-state index contributed by atoms with van der Waals surface area (Å²) in [5.74, 6) is -0.344. The molecule has 0 unspecified atom stereocenters. The van der Waals surface area contributed by atoms with Crippen LogP contribution in [0.5, 0.6) is 0 Å². The van der Waals surface area contributed by atoms with Crippen LogP contribution in [0.4, 0.5) is 4.79 Å². The lowest BCUT2D eigenvalue weighted by Crippen LogP contribution is -2.55. The Labute approximate surface area is 111 Å². The molecule has 0 radical (unpaired) electrons. The second-order valence-corrected chi connectivity index (χ2v) is 5.16. The van der Waals surface area contributed by atoms with Gasteiger partial charge in [0.25, 0.3) is 0 Å². The molecule has 6 heteroatoms. The lowest BCUT2D eigenvalue weighted by atomic mass is 9.98. The van der Waals surface area contributed by atoms with Crippen LogP contribution in [0.2, 0.25) is 0 Å². The van der Waals surface area contributed by atoms with Gasteiger partial charge in [-0.1, -0.05) is 12.2 Å². The van der Waals surface area contributed by atoms with Crippen molar-refractivity contribution in [1.29, 1.82) is 0 Å². The Morgan fingerprint density at radius 1 is 1.26 bits per heavy atom. The molecule has 0 saturated carbocycles. The van der Waals surface area contributed by atoms with E-state index in [9.17, 15) is 9.59 Å². The quantitative estimate of drug-likeness (QED) is 0.526. The van der Waals surface area contributed by atoms with Crippen molar-refractivity contribution in [3.8, 4) is 0 Å².